The van der Waals surface area contributed by atoms with Crippen molar-refractivity contribution in [1.29, 1.82) is 0 Å². The average Bonchev–Trinajstić information content (AvgIpc) is 2.42. The van der Waals surface area contributed by atoms with Crippen molar-refractivity contribution < 1.29 is 22.1 Å². The summed E-state index contributed by atoms with van der Waals surface area (Å²) < 4.78 is 32.7. The third-order valence-electron chi connectivity index (χ3n) is 3.82. The quantitative estimate of drug-likeness (QED) is 0.221. The minimum Gasteiger partial charge on any atom is -0.415 e. The minimum atomic E-state index is -1.80. The highest BCUT2D eigenvalue weighted by Crippen LogP contribution is 2.25. The fraction of sp³-hybridized carbons (Fsp3) is 1.00. The molecular formula is C21H54O5Si5. The molecule has 0 bridgehead atoms. The molecule has 10 heteroatoms. The van der Waals surface area contributed by atoms with Crippen molar-refractivity contribution >= 4 is 41.6 Å². The highest BCUT2D eigenvalue weighted by molar-refractivity contribution is 6.71. The summed E-state index contributed by atoms with van der Waals surface area (Å²) in [7, 11) is -8.64. The van der Waals surface area contributed by atoms with Gasteiger partial charge in [-0.1, -0.05) is 0 Å². The smallest absolute Gasteiger partial charge is 0.184 e. The summed E-state index contributed by atoms with van der Waals surface area (Å²) >= 11 is 0. The van der Waals surface area contributed by atoms with E-state index in [1.807, 2.05) is 0 Å². The van der Waals surface area contributed by atoms with Gasteiger partial charge in [-0.25, -0.2) is 0 Å². The van der Waals surface area contributed by atoms with Crippen molar-refractivity contribution in [3.05, 3.63) is 0 Å². The van der Waals surface area contributed by atoms with Crippen LogP contribution >= 0.6 is 0 Å². The molecule has 0 aromatic heterocycles. The maximum absolute atomic E-state index is 6.75. The normalized spacial score (nSPS) is 17.5. The average molecular weight is 527 g/mol. The van der Waals surface area contributed by atoms with E-state index in [1.165, 1.54) is 0 Å². The molecule has 0 spiro atoms. The van der Waals surface area contributed by atoms with Gasteiger partial charge in [0.15, 0.2) is 41.6 Å². The Morgan fingerprint density at radius 2 is 0.774 bits per heavy atom. The van der Waals surface area contributed by atoms with E-state index in [9.17, 15) is 0 Å². The fourth-order valence-electron chi connectivity index (χ4n) is 2.99. The van der Waals surface area contributed by atoms with E-state index >= 15 is 0 Å². The SMILES string of the molecule is C[Si](C)(C)OCC(CC(O[Si](C)(C)C)C(CO[Si](C)(C)C)O[Si](C)(C)C)O[Si](C)(C)C. The van der Waals surface area contributed by atoms with Crippen LogP contribution in [0, 0.1) is 0 Å². The van der Waals surface area contributed by atoms with Crippen molar-refractivity contribution in [1.82, 2.24) is 0 Å². The standard InChI is InChI=1S/C21H54O5Si5/c1-27(2,3)22-17-19(24-29(7,8)9)16-20(25-30(10,11)12)21(26-31(13,14)15)18-23-28(4,5)6/h19-21H,16-18H2,1-15H3. The first-order chi connectivity index (χ1) is 13.5. The molecule has 0 saturated carbocycles. The summed E-state index contributed by atoms with van der Waals surface area (Å²) in [6, 6.07) is 0. The Bertz CT molecular complexity index is 513. The molecule has 3 atom stereocenters. The minimum absolute atomic E-state index is 0.0133. The molecule has 188 valence electrons. The van der Waals surface area contributed by atoms with Crippen LogP contribution in [-0.4, -0.2) is 73.1 Å². The lowest BCUT2D eigenvalue weighted by Crippen LogP contribution is -2.50. The topological polar surface area (TPSA) is 46.2 Å². The van der Waals surface area contributed by atoms with Crippen molar-refractivity contribution in [2.45, 2.75) is 123 Å². The van der Waals surface area contributed by atoms with Crippen molar-refractivity contribution in [2.75, 3.05) is 13.2 Å². The Labute approximate surface area is 199 Å². The van der Waals surface area contributed by atoms with E-state index in [1.54, 1.807) is 0 Å². The maximum atomic E-state index is 6.75. The summed E-state index contributed by atoms with van der Waals surface area (Å²) in [5.74, 6) is 0. The van der Waals surface area contributed by atoms with Crippen LogP contribution in [0.15, 0.2) is 0 Å². The van der Waals surface area contributed by atoms with Crippen LogP contribution < -0.4 is 0 Å². The summed E-state index contributed by atoms with van der Waals surface area (Å²) in [5, 5.41) is 0. The summed E-state index contributed by atoms with van der Waals surface area (Å²) in [6.07, 6.45) is 0.661. The Morgan fingerprint density at radius 3 is 1.13 bits per heavy atom. The second kappa shape index (κ2) is 12.0. The molecule has 0 N–H and O–H groups in total. The zero-order valence-electron chi connectivity index (χ0n) is 23.4. The van der Waals surface area contributed by atoms with Crippen LogP contribution in [0.4, 0.5) is 0 Å². The summed E-state index contributed by atoms with van der Waals surface area (Å²) in [5.41, 5.74) is 0. The van der Waals surface area contributed by atoms with Gasteiger partial charge in [-0.05, 0) is 98.2 Å². The van der Waals surface area contributed by atoms with Crippen LogP contribution in [0.25, 0.3) is 0 Å². The van der Waals surface area contributed by atoms with Crippen LogP contribution in [-0.2, 0) is 22.1 Å². The van der Waals surface area contributed by atoms with Crippen LogP contribution in [0.5, 0.6) is 0 Å². The molecular weight excluding hydrogens is 473 g/mol. The first-order valence-corrected chi connectivity index (χ1v) is 28.8. The molecule has 3 unspecified atom stereocenters. The zero-order chi connectivity index (χ0) is 24.9. The summed E-state index contributed by atoms with van der Waals surface area (Å²) in [4.78, 5) is 0. The molecule has 0 aromatic rings. The molecule has 0 aromatic carbocycles. The van der Waals surface area contributed by atoms with Crippen molar-refractivity contribution in [2.24, 2.45) is 0 Å². The molecule has 31 heavy (non-hydrogen) atoms. The Balaban J connectivity index is 5.83. The molecule has 0 aliphatic rings. The lowest BCUT2D eigenvalue weighted by Gasteiger charge is -2.39. The van der Waals surface area contributed by atoms with Gasteiger partial charge < -0.3 is 22.1 Å². The monoisotopic (exact) mass is 526 g/mol. The van der Waals surface area contributed by atoms with Gasteiger partial charge in [0.05, 0.1) is 31.5 Å². The molecule has 0 radical (unpaired) electrons. The maximum Gasteiger partial charge on any atom is 0.184 e. The lowest BCUT2D eigenvalue weighted by atomic mass is 10.1. The third-order valence-corrected chi connectivity index (χ3v) is 8.95. The van der Waals surface area contributed by atoms with E-state index in [0.29, 0.717) is 13.2 Å². The van der Waals surface area contributed by atoms with E-state index in [0.717, 1.165) is 6.42 Å². The molecule has 0 fully saturated rings. The van der Waals surface area contributed by atoms with E-state index in [4.69, 9.17) is 22.1 Å². The van der Waals surface area contributed by atoms with Gasteiger partial charge in [-0.2, -0.15) is 0 Å². The zero-order valence-corrected chi connectivity index (χ0v) is 28.4. The molecule has 0 saturated heterocycles. The highest BCUT2D eigenvalue weighted by atomic mass is 28.4. The third kappa shape index (κ3) is 20.0. The summed E-state index contributed by atoms with van der Waals surface area (Å²) in [6.45, 7) is 34.8. The highest BCUT2D eigenvalue weighted by Gasteiger charge is 2.36. The fourth-order valence-corrected chi connectivity index (χ4v) is 7.78. The number of hydrogen-bond acceptors (Lipinski definition) is 5. The lowest BCUT2D eigenvalue weighted by molar-refractivity contribution is -0.0185. The molecule has 0 amide bonds. The molecule has 0 rings (SSSR count). The second-order valence-electron chi connectivity index (χ2n) is 13.5. The molecule has 0 aliphatic heterocycles. The van der Waals surface area contributed by atoms with E-state index < -0.39 is 41.6 Å². The van der Waals surface area contributed by atoms with Gasteiger partial charge in [0, 0.05) is 6.42 Å². The Hall–Kier alpha value is 0.884. The van der Waals surface area contributed by atoms with Crippen molar-refractivity contribution in [3.63, 3.8) is 0 Å². The Kier molecular flexibility index (Phi) is 12.4. The van der Waals surface area contributed by atoms with Gasteiger partial charge in [0.2, 0.25) is 0 Å². The molecule has 0 heterocycles. The van der Waals surface area contributed by atoms with Crippen LogP contribution in [0.2, 0.25) is 98.2 Å². The molecule has 0 aliphatic carbocycles. The van der Waals surface area contributed by atoms with Crippen LogP contribution in [0.3, 0.4) is 0 Å². The second-order valence-corrected chi connectivity index (χ2v) is 35.9. The largest absolute Gasteiger partial charge is 0.415 e. The predicted molar refractivity (Wildman–Crippen MR) is 148 cm³/mol. The van der Waals surface area contributed by atoms with Gasteiger partial charge >= 0.3 is 0 Å². The first kappa shape index (κ1) is 31.9. The van der Waals surface area contributed by atoms with Crippen molar-refractivity contribution in [3.8, 4) is 0 Å². The number of hydrogen-bond donors (Lipinski definition) is 0. The van der Waals surface area contributed by atoms with Gasteiger partial charge in [-0.3, -0.25) is 0 Å². The first-order valence-electron chi connectivity index (χ1n) is 11.8. The molecule has 5 nitrogen and oxygen atoms in total. The van der Waals surface area contributed by atoms with Gasteiger partial charge in [0.1, 0.15) is 0 Å². The van der Waals surface area contributed by atoms with Crippen LogP contribution in [0.1, 0.15) is 6.42 Å². The number of rotatable bonds is 15. The predicted octanol–water partition coefficient (Wildman–Crippen LogP) is 6.74. The Morgan fingerprint density at radius 1 is 0.419 bits per heavy atom. The van der Waals surface area contributed by atoms with E-state index in [-0.39, 0.29) is 18.3 Å². The van der Waals surface area contributed by atoms with E-state index in [2.05, 4.69) is 98.2 Å². The van der Waals surface area contributed by atoms with Gasteiger partial charge in [0.25, 0.3) is 0 Å². The van der Waals surface area contributed by atoms with Gasteiger partial charge in [-0.15, -0.1) is 0 Å².